The number of phosphoric acid groups is 1. The third-order valence-electron chi connectivity index (χ3n) is 4.71. The van der Waals surface area contributed by atoms with Crippen molar-refractivity contribution in [2.24, 2.45) is 0 Å². The molecule has 4 N–H and O–H groups in total. The summed E-state index contributed by atoms with van der Waals surface area (Å²) < 4.78 is 28.0. The summed E-state index contributed by atoms with van der Waals surface area (Å²) in [6, 6.07) is 7.25. The molecule has 0 spiro atoms. The van der Waals surface area contributed by atoms with Gasteiger partial charge in [0.2, 0.25) is 0 Å². The van der Waals surface area contributed by atoms with Crippen molar-refractivity contribution in [3.63, 3.8) is 0 Å². The zero-order valence-corrected chi connectivity index (χ0v) is 18.1. The number of hydrogen-bond acceptors (Lipinski definition) is 11. The summed E-state index contributed by atoms with van der Waals surface area (Å²) in [5.74, 6) is -0.440. The Kier molecular flexibility index (Phi) is 8.08. The maximum Gasteiger partial charge on any atom is 0.351 e. The molecule has 1 aliphatic rings. The maximum atomic E-state index is 12.0. The van der Waals surface area contributed by atoms with Crippen LogP contribution < -0.4 is 21.6 Å². The van der Waals surface area contributed by atoms with Gasteiger partial charge in [-0.25, -0.2) is 4.79 Å². The molecule has 2 unspecified atom stereocenters. The van der Waals surface area contributed by atoms with Gasteiger partial charge in [0.25, 0.3) is 13.7 Å². The van der Waals surface area contributed by atoms with E-state index in [0.29, 0.717) is 17.4 Å². The summed E-state index contributed by atoms with van der Waals surface area (Å²) in [6.07, 6.45) is -0.964. The summed E-state index contributed by atoms with van der Waals surface area (Å²) in [7, 11) is -4.75. The summed E-state index contributed by atoms with van der Waals surface area (Å²) in [6.45, 7) is -1.05. The number of aldehydes is 1. The Labute approximate surface area is 187 Å². The van der Waals surface area contributed by atoms with Gasteiger partial charge in [-0.15, -0.1) is 0 Å². The zero-order valence-electron chi connectivity index (χ0n) is 17.2. The topological polar surface area (TPSA) is 195 Å². The Balaban J connectivity index is 1.42. The largest absolute Gasteiger partial charge is 0.756 e. The van der Waals surface area contributed by atoms with Crippen molar-refractivity contribution in [1.82, 2.24) is 14.9 Å². The number of amides is 1. The standard InChI is InChI=1S/C19H23N4O9P/c20-16-5-7-23(19(27)22-16)17-9-14(25)15(32-17)11-31-33(28,29)30-8-6-21-18(26)13-3-1-12(10-24)2-4-13/h1-5,7,10,14-15,17,25H,6,8-9,11H2,(H,21,26)(H,28,29)(H2,20,22,27)/p-1/t14?,15-,17-/m1/s1. The lowest BCUT2D eigenvalue weighted by atomic mass is 10.1. The summed E-state index contributed by atoms with van der Waals surface area (Å²) in [4.78, 5) is 50.0. The van der Waals surface area contributed by atoms with Crippen molar-refractivity contribution in [2.75, 3.05) is 25.5 Å². The number of anilines is 1. The molecule has 1 fully saturated rings. The van der Waals surface area contributed by atoms with Crippen LogP contribution in [0.25, 0.3) is 0 Å². The fraction of sp³-hybridized carbons (Fsp3) is 0.368. The average molecular weight is 481 g/mol. The minimum atomic E-state index is -4.75. The van der Waals surface area contributed by atoms with Gasteiger partial charge in [0.15, 0.2) is 0 Å². The van der Waals surface area contributed by atoms with E-state index in [1.807, 2.05) is 0 Å². The van der Waals surface area contributed by atoms with Gasteiger partial charge in [0.1, 0.15) is 24.4 Å². The van der Waals surface area contributed by atoms with Gasteiger partial charge in [-0.1, -0.05) is 12.1 Å². The number of ether oxygens (including phenoxy) is 1. The van der Waals surface area contributed by atoms with Crippen molar-refractivity contribution >= 4 is 25.8 Å². The fourth-order valence-corrected chi connectivity index (χ4v) is 3.74. The smallest absolute Gasteiger partial charge is 0.351 e. The monoisotopic (exact) mass is 481 g/mol. The molecule has 4 atom stereocenters. The fourth-order valence-electron chi connectivity index (χ4n) is 3.02. The van der Waals surface area contributed by atoms with Crippen LogP contribution in [0.15, 0.2) is 41.3 Å². The highest BCUT2D eigenvalue weighted by Gasteiger charge is 2.36. The van der Waals surface area contributed by atoms with Crippen molar-refractivity contribution in [2.45, 2.75) is 24.9 Å². The first-order valence-corrected chi connectivity index (χ1v) is 11.3. The number of carbonyl (C=O) groups excluding carboxylic acids is 2. The lowest BCUT2D eigenvalue weighted by Gasteiger charge is -2.25. The number of aromatic nitrogens is 2. The maximum absolute atomic E-state index is 12.0. The number of nitrogen functional groups attached to an aromatic ring is 1. The number of carbonyl (C=O) groups is 2. The number of nitrogens with one attached hydrogen (secondary N) is 1. The van der Waals surface area contributed by atoms with Crippen molar-refractivity contribution < 1.29 is 37.9 Å². The third kappa shape index (κ3) is 6.78. The van der Waals surface area contributed by atoms with E-state index in [2.05, 4.69) is 10.3 Å². The molecule has 0 bridgehead atoms. The number of hydrogen-bond donors (Lipinski definition) is 3. The van der Waals surface area contributed by atoms with Crippen LogP contribution in [0.1, 0.15) is 33.4 Å². The van der Waals surface area contributed by atoms with Gasteiger partial charge in [-0.3, -0.25) is 18.7 Å². The molecule has 178 valence electrons. The molecule has 2 aromatic rings. The van der Waals surface area contributed by atoms with Crippen LogP contribution in [0.5, 0.6) is 0 Å². The van der Waals surface area contributed by atoms with Gasteiger partial charge in [-0.05, 0) is 18.2 Å². The number of nitrogens with zero attached hydrogens (tertiary/aromatic N) is 2. The predicted molar refractivity (Wildman–Crippen MR) is 111 cm³/mol. The van der Waals surface area contributed by atoms with Crippen LogP contribution >= 0.6 is 7.82 Å². The quantitative estimate of drug-likeness (QED) is 0.219. The lowest BCUT2D eigenvalue weighted by molar-refractivity contribution is -0.228. The van der Waals surface area contributed by atoms with Crippen molar-refractivity contribution in [3.8, 4) is 0 Å². The molecule has 2 heterocycles. The van der Waals surface area contributed by atoms with E-state index in [-0.39, 0.29) is 25.4 Å². The second-order valence-corrected chi connectivity index (χ2v) is 8.46. The zero-order chi connectivity index (χ0) is 24.0. The number of aliphatic hydroxyl groups excluding tert-OH is 1. The first-order chi connectivity index (χ1) is 15.7. The first kappa shape index (κ1) is 24.7. The van der Waals surface area contributed by atoms with E-state index in [9.17, 15) is 28.9 Å². The third-order valence-corrected chi connectivity index (χ3v) is 5.67. The second-order valence-electron chi connectivity index (χ2n) is 7.05. The highest BCUT2D eigenvalue weighted by atomic mass is 31.2. The molecule has 1 amide bonds. The van der Waals surface area contributed by atoms with Crippen molar-refractivity contribution in [1.29, 1.82) is 0 Å². The molecular weight excluding hydrogens is 459 g/mol. The molecule has 1 saturated heterocycles. The van der Waals surface area contributed by atoms with Gasteiger partial charge < -0.3 is 34.8 Å². The molecule has 0 aliphatic carbocycles. The summed E-state index contributed by atoms with van der Waals surface area (Å²) in [5.41, 5.74) is 5.47. The van der Waals surface area contributed by atoms with Gasteiger partial charge in [0, 0.05) is 30.3 Å². The summed E-state index contributed by atoms with van der Waals surface area (Å²) >= 11 is 0. The summed E-state index contributed by atoms with van der Waals surface area (Å²) in [5, 5.41) is 12.6. The van der Waals surface area contributed by atoms with E-state index < -0.39 is 44.5 Å². The Hall–Kier alpha value is -2.93. The minimum Gasteiger partial charge on any atom is -0.756 e. The number of benzene rings is 1. The van der Waals surface area contributed by atoms with E-state index in [1.54, 1.807) is 0 Å². The SMILES string of the molecule is Nc1ccn([C@H]2CC(O)[C@@H](COP(=O)([O-])OCCNC(=O)c3ccc(C=O)cc3)O2)c(=O)n1. The Bertz CT molecular complexity index is 1090. The molecule has 13 nitrogen and oxygen atoms in total. The Morgan fingerprint density at radius 3 is 2.76 bits per heavy atom. The van der Waals surface area contributed by atoms with E-state index in [1.165, 1.54) is 36.5 Å². The molecule has 1 aromatic heterocycles. The van der Waals surface area contributed by atoms with Crippen LogP contribution in [0.3, 0.4) is 0 Å². The predicted octanol–water partition coefficient (Wildman–Crippen LogP) is -0.782. The number of rotatable bonds is 10. The molecule has 1 aliphatic heterocycles. The molecule has 14 heteroatoms. The Morgan fingerprint density at radius 2 is 2.09 bits per heavy atom. The van der Waals surface area contributed by atoms with Gasteiger partial charge in [-0.2, -0.15) is 4.98 Å². The van der Waals surface area contributed by atoms with Crippen molar-refractivity contribution in [3.05, 3.63) is 58.1 Å². The first-order valence-electron chi connectivity index (χ1n) is 9.80. The number of aliphatic hydroxyl groups is 1. The van der Waals surface area contributed by atoms with Crippen LogP contribution in [0, 0.1) is 0 Å². The van der Waals surface area contributed by atoms with Crippen LogP contribution in [0.2, 0.25) is 0 Å². The second kappa shape index (κ2) is 10.8. The normalized spacial score (nSPS) is 21.9. The number of phosphoric ester groups is 1. The molecule has 0 saturated carbocycles. The molecular formula is C19H22N4O9P-. The highest BCUT2D eigenvalue weighted by molar-refractivity contribution is 7.45. The average Bonchev–Trinajstić information content (AvgIpc) is 3.15. The van der Waals surface area contributed by atoms with Crippen LogP contribution in [-0.4, -0.2) is 58.8 Å². The van der Waals surface area contributed by atoms with E-state index in [0.717, 1.165) is 4.57 Å². The van der Waals surface area contributed by atoms with Gasteiger partial charge in [0.05, 0.1) is 19.3 Å². The molecule has 0 radical (unpaired) electrons. The minimum absolute atomic E-state index is 0.0173. The van der Waals surface area contributed by atoms with Crippen LogP contribution in [-0.2, 0) is 18.3 Å². The van der Waals surface area contributed by atoms with Gasteiger partial charge >= 0.3 is 5.69 Å². The number of nitrogens with two attached hydrogens (primary N) is 1. The van der Waals surface area contributed by atoms with E-state index in [4.69, 9.17) is 19.5 Å². The lowest BCUT2D eigenvalue weighted by Crippen LogP contribution is -2.30. The Morgan fingerprint density at radius 1 is 1.36 bits per heavy atom. The molecule has 33 heavy (non-hydrogen) atoms. The van der Waals surface area contributed by atoms with Crippen LogP contribution in [0.4, 0.5) is 5.82 Å². The molecule has 3 rings (SSSR count). The van der Waals surface area contributed by atoms with E-state index >= 15 is 0 Å². The highest BCUT2D eigenvalue weighted by Crippen LogP contribution is 2.39. The molecule has 1 aromatic carbocycles.